The summed E-state index contributed by atoms with van der Waals surface area (Å²) in [4.78, 5) is 0. The van der Waals surface area contributed by atoms with E-state index < -0.39 is 0 Å². The lowest BCUT2D eigenvalue weighted by atomic mass is 9.88. The van der Waals surface area contributed by atoms with Crippen LogP contribution in [0, 0.1) is 5.41 Å². The Kier molecular flexibility index (Phi) is 11.1. The Bertz CT molecular complexity index is 142. The quantitative estimate of drug-likeness (QED) is 0.318. The molecule has 0 saturated carbocycles. The molecule has 0 rings (SSSR count). The van der Waals surface area contributed by atoms with Crippen LogP contribution >= 0.6 is 23.2 Å². The van der Waals surface area contributed by atoms with Crippen molar-refractivity contribution in [2.24, 2.45) is 5.41 Å². The average molecular weight is 267 g/mol. The number of rotatable bonds is 11. The summed E-state index contributed by atoms with van der Waals surface area (Å²) >= 11 is 11.8. The van der Waals surface area contributed by atoms with Crippen LogP contribution < -0.4 is 0 Å². The fraction of sp³-hybridized carbons (Fsp3) is 1.00. The maximum atomic E-state index is 5.92. The van der Waals surface area contributed by atoms with E-state index in [9.17, 15) is 0 Å². The number of hydrogen-bond donors (Lipinski definition) is 0. The zero-order chi connectivity index (χ0) is 12.3. The molecule has 0 atom stereocenters. The number of halogens is 2. The van der Waals surface area contributed by atoms with Gasteiger partial charge in [0.1, 0.15) is 0 Å². The second kappa shape index (κ2) is 10.7. The first-order valence-corrected chi connectivity index (χ1v) is 7.87. The molecule has 0 amide bonds. The molecule has 2 heteroatoms. The Morgan fingerprint density at radius 1 is 0.750 bits per heavy atom. The molecule has 0 aliphatic heterocycles. The van der Waals surface area contributed by atoms with Gasteiger partial charge in [-0.05, 0) is 11.8 Å². The first kappa shape index (κ1) is 16.6. The van der Waals surface area contributed by atoms with Gasteiger partial charge in [0.15, 0.2) is 0 Å². The van der Waals surface area contributed by atoms with Crippen LogP contribution in [0.2, 0.25) is 0 Å². The Morgan fingerprint density at radius 3 is 1.62 bits per heavy atom. The maximum absolute atomic E-state index is 5.92. The van der Waals surface area contributed by atoms with Crippen molar-refractivity contribution >= 4 is 23.2 Å². The van der Waals surface area contributed by atoms with Gasteiger partial charge in [-0.25, -0.2) is 0 Å². The molecule has 16 heavy (non-hydrogen) atoms. The lowest BCUT2D eigenvalue weighted by Gasteiger charge is -2.23. The minimum Gasteiger partial charge on any atom is -0.126 e. The van der Waals surface area contributed by atoms with Crippen molar-refractivity contribution in [1.29, 1.82) is 0 Å². The summed E-state index contributed by atoms with van der Waals surface area (Å²) in [6.07, 6.45) is 12.1. The molecule has 0 heterocycles. The predicted molar refractivity (Wildman–Crippen MR) is 76.8 cm³/mol. The molecule has 0 aromatic heterocycles. The average Bonchev–Trinajstić information content (AvgIpc) is 2.32. The summed E-state index contributed by atoms with van der Waals surface area (Å²) in [5.74, 6) is 1.38. The summed E-state index contributed by atoms with van der Waals surface area (Å²) in [6, 6.07) is 0. The summed E-state index contributed by atoms with van der Waals surface area (Å²) < 4.78 is 0. The highest BCUT2D eigenvalue weighted by molar-refractivity contribution is 6.21. The van der Waals surface area contributed by atoms with Crippen molar-refractivity contribution in [3.63, 3.8) is 0 Å². The number of alkyl halides is 2. The Balaban J connectivity index is 3.26. The first-order chi connectivity index (χ1) is 7.68. The van der Waals surface area contributed by atoms with Gasteiger partial charge < -0.3 is 0 Å². The van der Waals surface area contributed by atoms with E-state index in [1.807, 2.05) is 0 Å². The van der Waals surface area contributed by atoms with Gasteiger partial charge in [0.2, 0.25) is 0 Å². The molecule has 0 aliphatic rings. The normalized spacial score (nSPS) is 12.0. The van der Waals surface area contributed by atoms with Crippen LogP contribution in [0.25, 0.3) is 0 Å². The molecule has 0 radical (unpaired) electrons. The second-order valence-corrected chi connectivity index (χ2v) is 5.84. The first-order valence-electron chi connectivity index (χ1n) is 6.80. The van der Waals surface area contributed by atoms with Gasteiger partial charge in [-0.2, -0.15) is 0 Å². The lowest BCUT2D eigenvalue weighted by Crippen LogP contribution is -2.20. The topological polar surface area (TPSA) is 0 Å². The SMILES string of the molecule is CCCCCCCCCCC(C)(CCl)CCl. The molecule has 0 N–H and O–H groups in total. The third-order valence-corrected chi connectivity index (χ3v) is 4.57. The summed E-state index contributed by atoms with van der Waals surface area (Å²) in [5, 5.41) is 0. The van der Waals surface area contributed by atoms with Gasteiger partial charge in [-0.1, -0.05) is 65.2 Å². The highest BCUT2D eigenvalue weighted by Gasteiger charge is 2.20. The lowest BCUT2D eigenvalue weighted by molar-refractivity contribution is 0.367. The van der Waals surface area contributed by atoms with Crippen LogP contribution in [-0.4, -0.2) is 11.8 Å². The number of hydrogen-bond acceptors (Lipinski definition) is 0. The molecule has 0 nitrogen and oxygen atoms in total. The molecular formula is C14H28Cl2. The molecule has 98 valence electrons. The van der Waals surface area contributed by atoms with Crippen LogP contribution in [0.1, 0.15) is 71.6 Å². The monoisotopic (exact) mass is 266 g/mol. The predicted octanol–water partition coefficient (Wildman–Crippen LogP) is 6.00. The zero-order valence-corrected chi connectivity index (χ0v) is 12.5. The Morgan fingerprint density at radius 2 is 1.19 bits per heavy atom. The standard InChI is InChI=1S/C14H28Cl2/c1-3-4-5-6-7-8-9-10-11-14(2,12-15)13-16/h3-13H2,1-2H3. The number of unbranched alkanes of at least 4 members (excludes halogenated alkanes) is 7. The molecule has 0 spiro atoms. The van der Waals surface area contributed by atoms with Crippen molar-refractivity contribution in [3.05, 3.63) is 0 Å². The van der Waals surface area contributed by atoms with E-state index in [4.69, 9.17) is 23.2 Å². The van der Waals surface area contributed by atoms with Gasteiger partial charge in [-0.15, -0.1) is 23.2 Å². The van der Waals surface area contributed by atoms with Crippen molar-refractivity contribution in [3.8, 4) is 0 Å². The van der Waals surface area contributed by atoms with E-state index >= 15 is 0 Å². The van der Waals surface area contributed by atoms with E-state index in [1.54, 1.807) is 0 Å². The van der Waals surface area contributed by atoms with Crippen LogP contribution in [0.4, 0.5) is 0 Å². The smallest absolute Gasteiger partial charge is 0.0288 e. The van der Waals surface area contributed by atoms with Gasteiger partial charge in [-0.3, -0.25) is 0 Å². The van der Waals surface area contributed by atoms with Gasteiger partial charge >= 0.3 is 0 Å². The minimum absolute atomic E-state index is 0.158. The van der Waals surface area contributed by atoms with Crippen LogP contribution in [0.15, 0.2) is 0 Å². The molecule has 0 fully saturated rings. The van der Waals surface area contributed by atoms with E-state index in [0.29, 0.717) is 11.8 Å². The summed E-state index contributed by atoms with van der Waals surface area (Å²) in [5.41, 5.74) is 0.158. The van der Waals surface area contributed by atoms with E-state index in [0.717, 1.165) is 0 Å². The van der Waals surface area contributed by atoms with E-state index in [2.05, 4.69) is 13.8 Å². The Labute approximate surface area is 112 Å². The third kappa shape index (κ3) is 8.70. The summed E-state index contributed by atoms with van der Waals surface area (Å²) in [7, 11) is 0. The highest BCUT2D eigenvalue weighted by atomic mass is 35.5. The molecule has 0 aliphatic carbocycles. The minimum atomic E-state index is 0.158. The van der Waals surface area contributed by atoms with Crippen LogP contribution in [-0.2, 0) is 0 Å². The molecule has 0 saturated heterocycles. The highest BCUT2D eigenvalue weighted by Crippen LogP contribution is 2.27. The van der Waals surface area contributed by atoms with Gasteiger partial charge in [0.05, 0.1) is 0 Å². The second-order valence-electron chi connectivity index (χ2n) is 5.30. The molecule has 0 aromatic rings. The van der Waals surface area contributed by atoms with Crippen molar-refractivity contribution in [2.75, 3.05) is 11.8 Å². The largest absolute Gasteiger partial charge is 0.126 e. The molecular weight excluding hydrogens is 239 g/mol. The molecule has 0 unspecified atom stereocenters. The van der Waals surface area contributed by atoms with Gasteiger partial charge in [0.25, 0.3) is 0 Å². The van der Waals surface area contributed by atoms with Crippen molar-refractivity contribution < 1.29 is 0 Å². The third-order valence-electron chi connectivity index (χ3n) is 3.28. The maximum Gasteiger partial charge on any atom is 0.0288 e. The van der Waals surface area contributed by atoms with Crippen molar-refractivity contribution in [1.82, 2.24) is 0 Å². The zero-order valence-electron chi connectivity index (χ0n) is 11.0. The van der Waals surface area contributed by atoms with E-state index in [-0.39, 0.29) is 5.41 Å². The van der Waals surface area contributed by atoms with Gasteiger partial charge in [0, 0.05) is 11.8 Å². The Hall–Kier alpha value is 0.580. The molecule has 0 bridgehead atoms. The fourth-order valence-electron chi connectivity index (χ4n) is 1.86. The fourth-order valence-corrected chi connectivity index (χ4v) is 2.41. The summed E-state index contributed by atoms with van der Waals surface area (Å²) in [6.45, 7) is 4.45. The van der Waals surface area contributed by atoms with Crippen molar-refractivity contribution in [2.45, 2.75) is 71.6 Å². The van der Waals surface area contributed by atoms with E-state index in [1.165, 1.54) is 57.8 Å². The molecule has 0 aromatic carbocycles. The van der Waals surface area contributed by atoms with Crippen LogP contribution in [0.3, 0.4) is 0 Å². The van der Waals surface area contributed by atoms with Crippen LogP contribution in [0.5, 0.6) is 0 Å².